The van der Waals surface area contributed by atoms with Crippen molar-refractivity contribution in [3.05, 3.63) is 228 Å². The smallest absolute Gasteiger partial charge is 0.151 e. The van der Waals surface area contributed by atoms with E-state index in [2.05, 4.69) is 218 Å². The molecule has 0 spiro atoms. The molecule has 2 aliphatic heterocycles. The van der Waals surface area contributed by atoms with E-state index in [1.165, 1.54) is 88.2 Å². The Bertz CT molecular complexity index is 3750. The van der Waals surface area contributed by atoms with Gasteiger partial charge in [-0.15, -0.1) is 0 Å². The average molecular weight is 863 g/mol. The van der Waals surface area contributed by atoms with Gasteiger partial charge in [0.05, 0.1) is 22.8 Å². The Morgan fingerprint density at radius 2 is 0.925 bits per heavy atom. The van der Waals surface area contributed by atoms with Gasteiger partial charge in [-0.1, -0.05) is 147 Å². The zero-order valence-corrected chi connectivity index (χ0v) is 37.5. The molecule has 9 aromatic rings. The lowest BCUT2D eigenvalue weighted by Gasteiger charge is -2.36. The van der Waals surface area contributed by atoms with Gasteiger partial charge in [0.15, 0.2) is 11.5 Å². The van der Waals surface area contributed by atoms with Gasteiger partial charge >= 0.3 is 0 Å². The summed E-state index contributed by atoms with van der Waals surface area (Å²) >= 11 is 0. The summed E-state index contributed by atoms with van der Waals surface area (Å²) in [5.41, 5.74) is 16.9. The molecule has 0 aromatic heterocycles. The van der Waals surface area contributed by atoms with Crippen LogP contribution in [0.2, 0.25) is 0 Å². The summed E-state index contributed by atoms with van der Waals surface area (Å²) in [6.45, 7) is 4.77. The van der Waals surface area contributed by atoms with Crippen LogP contribution in [0.5, 0.6) is 11.5 Å². The molecular weight excluding hydrogens is 817 g/mol. The van der Waals surface area contributed by atoms with E-state index in [-0.39, 0.29) is 5.41 Å². The monoisotopic (exact) mass is 862 g/mol. The molecule has 4 heteroatoms. The number of hydrogen-bond acceptors (Lipinski definition) is 4. The van der Waals surface area contributed by atoms with Crippen LogP contribution in [0, 0.1) is 0 Å². The lowest BCUT2D eigenvalue weighted by atomic mass is 9.80. The highest BCUT2D eigenvalue weighted by Crippen LogP contribution is 2.57. The third kappa shape index (κ3) is 5.60. The quantitative estimate of drug-likeness (QED) is 0.165. The Balaban J connectivity index is 1.14. The molecule has 0 saturated carbocycles. The molecule has 5 aliphatic rings. The van der Waals surface area contributed by atoms with Crippen LogP contribution in [0.1, 0.15) is 50.7 Å². The number of anilines is 4. The summed E-state index contributed by atoms with van der Waals surface area (Å²) in [7, 11) is 0. The SMILES string of the molecule is CC1(C)c2ccccc2-c2c(-c3c4cc(N5C6=C(C=CCC6)Oc6ccccc65)ccc4c(-c4cccc5ccccc45)c4cc(N5C6=C(C=CCC6)Oc6ccccc65)ccc34)cccc21. The fraction of sp³-hybridized carbons (Fsp3) is 0.111. The van der Waals surface area contributed by atoms with Crippen molar-refractivity contribution in [1.82, 2.24) is 0 Å². The first-order valence-corrected chi connectivity index (χ1v) is 23.7. The minimum atomic E-state index is -0.159. The van der Waals surface area contributed by atoms with Gasteiger partial charge in [0.25, 0.3) is 0 Å². The van der Waals surface area contributed by atoms with Crippen LogP contribution in [-0.4, -0.2) is 0 Å². The highest BCUT2D eigenvalue weighted by atomic mass is 16.5. The highest BCUT2D eigenvalue weighted by molar-refractivity contribution is 6.25. The van der Waals surface area contributed by atoms with Crippen LogP contribution < -0.4 is 19.3 Å². The second kappa shape index (κ2) is 14.5. The summed E-state index contributed by atoms with van der Waals surface area (Å²) in [6.07, 6.45) is 12.5. The molecule has 67 heavy (non-hydrogen) atoms. The third-order valence-electron chi connectivity index (χ3n) is 14.9. The van der Waals surface area contributed by atoms with E-state index in [0.29, 0.717) is 0 Å². The number of fused-ring (bicyclic) bond motifs is 8. The van der Waals surface area contributed by atoms with Crippen LogP contribution in [-0.2, 0) is 5.41 Å². The third-order valence-corrected chi connectivity index (χ3v) is 14.9. The molecule has 0 fully saturated rings. The van der Waals surface area contributed by atoms with Gasteiger partial charge in [-0.3, -0.25) is 0 Å². The molecule has 0 bridgehead atoms. The van der Waals surface area contributed by atoms with Crippen molar-refractivity contribution in [2.45, 2.75) is 44.9 Å². The van der Waals surface area contributed by atoms with Crippen molar-refractivity contribution < 1.29 is 9.47 Å². The van der Waals surface area contributed by atoms with Crippen molar-refractivity contribution in [2.75, 3.05) is 9.80 Å². The van der Waals surface area contributed by atoms with Crippen molar-refractivity contribution in [1.29, 1.82) is 0 Å². The molecule has 4 nitrogen and oxygen atoms in total. The van der Waals surface area contributed by atoms with E-state index in [0.717, 1.165) is 71.5 Å². The molecule has 9 aromatic carbocycles. The largest absolute Gasteiger partial charge is 0.453 e. The predicted octanol–water partition coefficient (Wildman–Crippen LogP) is 17.0. The fourth-order valence-corrected chi connectivity index (χ4v) is 11.9. The van der Waals surface area contributed by atoms with Gasteiger partial charge < -0.3 is 19.3 Å². The molecule has 0 saturated heterocycles. The van der Waals surface area contributed by atoms with E-state index in [9.17, 15) is 0 Å². The maximum Gasteiger partial charge on any atom is 0.151 e. The zero-order chi connectivity index (χ0) is 44.4. The van der Waals surface area contributed by atoms with Gasteiger partial charge in [0.2, 0.25) is 0 Å². The standard InChI is InChI=1S/C63H46N2O2/c1-63(2)50-23-6-5-20-46(50)62-47(22-16-24-51(62)63)61-45-36-34-40(64-52-25-7-11-29-56(52)66-57-30-12-8-26-53(57)64)37-48(45)60(43-21-15-18-39-17-3-4-19-42(39)43)44-35-33-41(38-49(44)61)65-54-27-9-13-31-58(54)67-59-32-14-10-28-55(59)65/h3-7,9,11-25,27,29-38H,8,10,26,28H2,1-2H3. The summed E-state index contributed by atoms with van der Waals surface area (Å²) in [5, 5.41) is 7.31. The zero-order valence-electron chi connectivity index (χ0n) is 37.5. The van der Waals surface area contributed by atoms with E-state index >= 15 is 0 Å². The van der Waals surface area contributed by atoms with Crippen molar-refractivity contribution >= 4 is 55.1 Å². The number of rotatable bonds is 4. The van der Waals surface area contributed by atoms with Gasteiger partial charge in [0.1, 0.15) is 11.5 Å². The van der Waals surface area contributed by atoms with E-state index in [4.69, 9.17) is 9.47 Å². The van der Waals surface area contributed by atoms with Gasteiger partial charge in [-0.2, -0.15) is 0 Å². The van der Waals surface area contributed by atoms with Crippen LogP contribution in [0.3, 0.4) is 0 Å². The second-order valence-corrected chi connectivity index (χ2v) is 18.9. The second-order valence-electron chi connectivity index (χ2n) is 18.9. The van der Waals surface area contributed by atoms with Gasteiger partial charge in [-0.05, 0) is 163 Å². The summed E-state index contributed by atoms with van der Waals surface area (Å²) in [4.78, 5) is 4.91. The normalized spacial score (nSPS) is 16.3. The molecule has 0 N–H and O–H groups in total. The predicted molar refractivity (Wildman–Crippen MR) is 277 cm³/mol. The summed E-state index contributed by atoms with van der Waals surface area (Å²) < 4.78 is 13.2. The molecule has 2 heterocycles. The molecule has 320 valence electrons. The number of ether oxygens (including phenoxy) is 2. The first-order chi connectivity index (χ1) is 33.0. The Morgan fingerprint density at radius 1 is 0.418 bits per heavy atom. The molecule has 14 rings (SSSR count). The first kappa shape index (κ1) is 38.2. The van der Waals surface area contributed by atoms with Crippen LogP contribution >= 0.6 is 0 Å². The van der Waals surface area contributed by atoms with Crippen molar-refractivity contribution in [3.8, 4) is 44.9 Å². The number of allylic oxidation sites excluding steroid dienone is 6. The lowest BCUT2D eigenvalue weighted by Crippen LogP contribution is -2.25. The minimum Gasteiger partial charge on any atom is -0.453 e. The van der Waals surface area contributed by atoms with E-state index in [1.807, 2.05) is 0 Å². The van der Waals surface area contributed by atoms with Gasteiger partial charge in [0, 0.05) is 16.8 Å². The maximum absolute atomic E-state index is 6.60. The Labute approximate surface area is 390 Å². The molecule has 3 aliphatic carbocycles. The Morgan fingerprint density at radius 3 is 1.60 bits per heavy atom. The van der Waals surface area contributed by atoms with Gasteiger partial charge in [-0.25, -0.2) is 0 Å². The highest BCUT2D eigenvalue weighted by Gasteiger charge is 2.38. The summed E-state index contributed by atoms with van der Waals surface area (Å²) in [6, 6.07) is 63.1. The average Bonchev–Trinajstić information content (AvgIpc) is 3.61. The maximum atomic E-state index is 6.60. The first-order valence-electron chi connectivity index (χ1n) is 23.7. The Kier molecular flexibility index (Phi) is 8.25. The topological polar surface area (TPSA) is 24.9 Å². The molecular formula is C63H46N2O2. The van der Waals surface area contributed by atoms with Crippen LogP contribution in [0.15, 0.2) is 217 Å². The summed E-state index contributed by atoms with van der Waals surface area (Å²) in [5.74, 6) is 3.57. The molecule has 0 amide bonds. The Hall–Kier alpha value is -8.08. The van der Waals surface area contributed by atoms with E-state index < -0.39 is 0 Å². The van der Waals surface area contributed by atoms with Crippen molar-refractivity contribution in [2.24, 2.45) is 0 Å². The molecule has 0 atom stereocenters. The fourth-order valence-electron chi connectivity index (χ4n) is 11.9. The molecule has 0 unspecified atom stereocenters. The number of nitrogens with zero attached hydrogens (tertiary/aromatic N) is 2. The van der Waals surface area contributed by atoms with Crippen molar-refractivity contribution in [3.63, 3.8) is 0 Å². The molecule has 0 radical (unpaired) electrons. The minimum absolute atomic E-state index is 0.159. The number of benzene rings is 9. The van der Waals surface area contributed by atoms with Crippen LogP contribution in [0.4, 0.5) is 22.7 Å². The number of para-hydroxylation sites is 4. The van der Waals surface area contributed by atoms with E-state index in [1.54, 1.807) is 0 Å². The number of hydrogen-bond donors (Lipinski definition) is 0. The van der Waals surface area contributed by atoms with Crippen LogP contribution in [0.25, 0.3) is 65.7 Å². The lowest BCUT2D eigenvalue weighted by molar-refractivity contribution is 0.421.